The molecule has 0 aliphatic heterocycles. The Labute approximate surface area is 167 Å². The van der Waals surface area contributed by atoms with Crippen LogP contribution in [0.2, 0.25) is 0 Å². The Hall–Kier alpha value is -2.24. The highest BCUT2D eigenvalue weighted by Crippen LogP contribution is 2.31. The van der Waals surface area contributed by atoms with E-state index in [1.807, 2.05) is 69.4 Å². The molecule has 27 heavy (non-hydrogen) atoms. The number of halogens is 1. The molecule has 0 radical (unpaired) electrons. The molecule has 0 aromatic heterocycles. The Kier molecular flexibility index (Phi) is 9.68. The number of carbonyl (C=O) groups excluding carboxylic acids is 1. The maximum Gasteiger partial charge on any atom is 0.224 e. The number of amides is 1. The van der Waals surface area contributed by atoms with Gasteiger partial charge in [0.1, 0.15) is 6.61 Å². The number of methoxy groups -OCH3 is 1. The van der Waals surface area contributed by atoms with E-state index in [4.69, 9.17) is 9.47 Å². The van der Waals surface area contributed by atoms with Crippen LogP contribution >= 0.6 is 12.4 Å². The van der Waals surface area contributed by atoms with E-state index in [0.29, 0.717) is 24.7 Å². The van der Waals surface area contributed by atoms with Gasteiger partial charge in [-0.3, -0.25) is 4.79 Å². The highest BCUT2D eigenvalue weighted by Gasteiger charge is 2.17. The van der Waals surface area contributed by atoms with Crippen LogP contribution in [0, 0.1) is 5.92 Å². The number of ether oxygens (including phenoxy) is 2. The van der Waals surface area contributed by atoms with Crippen molar-refractivity contribution in [3.63, 3.8) is 0 Å². The third-order valence-electron chi connectivity index (χ3n) is 4.24. The second-order valence-electron chi connectivity index (χ2n) is 6.37. The molecule has 0 aliphatic rings. The van der Waals surface area contributed by atoms with Crippen molar-refractivity contribution in [2.45, 2.75) is 26.5 Å². The molecule has 1 amide bonds. The van der Waals surface area contributed by atoms with Crippen LogP contribution in [0.3, 0.4) is 0 Å². The van der Waals surface area contributed by atoms with E-state index in [0.717, 1.165) is 11.1 Å². The third kappa shape index (κ3) is 6.77. The molecule has 0 spiro atoms. The average Bonchev–Trinajstić information content (AvgIpc) is 2.67. The van der Waals surface area contributed by atoms with Crippen LogP contribution in [0.25, 0.3) is 0 Å². The topological polar surface area (TPSA) is 59.6 Å². The van der Waals surface area contributed by atoms with Crippen LogP contribution < -0.4 is 20.1 Å². The smallest absolute Gasteiger partial charge is 0.224 e. The quantitative estimate of drug-likeness (QED) is 0.682. The lowest BCUT2D eigenvalue weighted by molar-refractivity contribution is -0.125. The lowest BCUT2D eigenvalue weighted by Crippen LogP contribution is -2.35. The number of nitrogens with one attached hydrogen (secondary N) is 2. The van der Waals surface area contributed by atoms with Gasteiger partial charge in [-0.15, -0.1) is 12.4 Å². The zero-order chi connectivity index (χ0) is 18.9. The Balaban J connectivity index is 0.00000364. The van der Waals surface area contributed by atoms with Crippen LogP contribution in [0.4, 0.5) is 0 Å². The molecule has 6 heteroatoms. The van der Waals surface area contributed by atoms with Crippen LogP contribution in [0.1, 0.15) is 31.0 Å². The van der Waals surface area contributed by atoms with Gasteiger partial charge in [0.2, 0.25) is 5.91 Å². The van der Waals surface area contributed by atoms with Gasteiger partial charge in [0, 0.05) is 12.5 Å². The molecule has 2 atom stereocenters. The summed E-state index contributed by atoms with van der Waals surface area (Å²) in [5, 5.41) is 6.05. The molecule has 0 bridgehead atoms. The fourth-order valence-electron chi connectivity index (χ4n) is 2.65. The van der Waals surface area contributed by atoms with Gasteiger partial charge in [-0.05, 0) is 37.2 Å². The summed E-state index contributed by atoms with van der Waals surface area (Å²) in [6.07, 6.45) is 0. The maximum atomic E-state index is 12.2. The van der Waals surface area contributed by atoms with Gasteiger partial charge in [-0.1, -0.05) is 43.3 Å². The zero-order valence-electron chi connectivity index (χ0n) is 16.3. The second-order valence-corrected chi connectivity index (χ2v) is 6.37. The molecule has 0 saturated heterocycles. The predicted molar refractivity (Wildman–Crippen MR) is 111 cm³/mol. The third-order valence-corrected chi connectivity index (χ3v) is 4.24. The SMILES string of the molecule is CNCC(C)C(=O)NC(C)c1ccc(OCc2ccccc2)c(OC)c1.Cl. The summed E-state index contributed by atoms with van der Waals surface area (Å²) in [6, 6.07) is 15.6. The van der Waals surface area contributed by atoms with Gasteiger partial charge < -0.3 is 20.1 Å². The van der Waals surface area contributed by atoms with Crippen LogP contribution in [-0.4, -0.2) is 26.6 Å². The second kappa shape index (κ2) is 11.5. The molecule has 2 aromatic rings. The largest absolute Gasteiger partial charge is 0.493 e. The molecule has 2 aromatic carbocycles. The summed E-state index contributed by atoms with van der Waals surface area (Å²) >= 11 is 0. The molecule has 148 valence electrons. The number of hydrogen-bond acceptors (Lipinski definition) is 4. The average molecular weight is 393 g/mol. The van der Waals surface area contributed by atoms with Crippen molar-refractivity contribution in [3.8, 4) is 11.5 Å². The maximum absolute atomic E-state index is 12.2. The summed E-state index contributed by atoms with van der Waals surface area (Å²) in [5.74, 6) is 1.28. The van der Waals surface area contributed by atoms with Gasteiger partial charge >= 0.3 is 0 Å². The number of hydrogen-bond donors (Lipinski definition) is 2. The molecule has 2 rings (SSSR count). The Morgan fingerprint density at radius 3 is 2.41 bits per heavy atom. The van der Waals surface area contributed by atoms with Crippen LogP contribution in [-0.2, 0) is 11.4 Å². The number of benzene rings is 2. The van der Waals surface area contributed by atoms with E-state index >= 15 is 0 Å². The lowest BCUT2D eigenvalue weighted by atomic mass is 10.1. The Bertz CT molecular complexity index is 710. The molecule has 0 fully saturated rings. The fraction of sp³-hybridized carbons (Fsp3) is 0.381. The normalized spacial score (nSPS) is 12.4. The first-order valence-corrected chi connectivity index (χ1v) is 8.84. The van der Waals surface area contributed by atoms with Crippen molar-refractivity contribution in [2.75, 3.05) is 20.7 Å². The summed E-state index contributed by atoms with van der Waals surface area (Å²) < 4.78 is 11.3. The molecule has 5 nitrogen and oxygen atoms in total. The summed E-state index contributed by atoms with van der Waals surface area (Å²) in [5.41, 5.74) is 2.07. The molecule has 0 heterocycles. The highest BCUT2D eigenvalue weighted by atomic mass is 35.5. The van der Waals surface area contributed by atoms with Crippen LogP contribution in [0.15, 0.2) is 48.5 Å². The molecular formula is C21H29ClN2O3. The van der Waals surface area contributed by atoms with Gasteiger partial charge in [0.15, 0.2) is 11.5 Å². The molecule has 0 aliphatic carbocycles. The first-order chi connectivity index (χ1) is 12.5. The van der Waals surface area contributed by atoms with Crippen molar-refractivity contribution < 1.29 is 14.3 Å². The van der Waals surface area contributed by atoms with Crippen molar-refractivity contribution in [1.29, 1.82) is 0 Å². The van der Waals surface area contributed by atoms with Gasteiger partial charge in [0.25, 0.3) is 0 Å². The number of rotatable bonds is 9. The minimum atomic E-state index is -0.112. The Morgan fingerprint density at radius 1 is 1.07 bits per heavy atom. The standard InChI is InChI=1S/C21H28N2O3.ClH/c1-15(13-22-3)21(24)23-16(2)18-10-11-19(20(12-18)25-4)26-14-17-8-6-5-7-9-17;/h5-12,15-16,22H,13-14H2,1-4H3,(H,23,24);1H. The zero-order valence-corrected chi connectivity index (χ0v) is 17.1. The summed E-state index contributed by atoms with van der Waals surface area (Å²) in [4.78, 5) is 12.2. The van der Waals surface area contributed by atoms with Gasteiger partial charge in [-0.2, -0.15) is 0 Å². The van der Waals surface area contributed by atoms with Crippen molar-refractivity contribution in [3.05, 3.63) is 59.7 Å². The molecule has 0 saturated carbocycles. The lowest BCUT2D eigenvalue weighted by Gasteiger charge is -2.19. The van der Waals surface area contributed by atoms with E-state index < -0.39 is 0 Å². The van der Waals surface area contributed by atoms with E-state index in [1.54, 1.807) is 7.11 Å². The molecule has 2 unspecified atom stereocenters. The van der Waals surface area contributed by atoms with Crippen LogP contribution in [0.5, 0.6) is 11.5 Å². The summed E-state index contributed by atoms with van der Waals surface area (Å²) in [7, 11) is 3.46. The minimum Gasteiger partial charge on any atom is -0.493 e. The summed E-state index contributed by atoms with van der Waals surface area (Å²) in [6.45, 7) is 4.99. The van der Waals surface area contributed by atoms with E-state index in [2.05, 4.69) is 10.6 Å². The molecular weight excluding hydrogens is 364 g/mol. The number of carbonyl (C=O) groups is 1. The van der Waals surface area contributed by atoms with Crippen molar-refractivity contribution >= 4 is 18.3 Å². The van der Waals surface area contributed by atoms with Gasteiger partial charge in [0.05, 0.1) is 13.2 Å². The van der Waals surface area contributed by atoms with E-state index in [1.165, 1.54) is 0 Å². The van der Waals surface area contributed by atoms with Gasteiger partial charge in [-0.25, -0.2) is 0 Å². The monoisotopic (exact) mass is 392 g/mol. The molecule has 2 N–H and O–H groups in total. The Morgan fingerprint density at radius 2 is 1.78 bits per heavy atom. The highest BCUT2D eigenvalue weighted by molar-refractivity contribution is 5.85. The van der Waals surface area contributed by atoms with Crippen molar-refractivity contribution in [1.82, 2.24) is 10.6 Å². The fourth-order valence-corrected chi connectivity index (χ4v) is 2.65. The van der Waals surface area contributed by atoms with E-state index in [9.17, 15) is 4.79 Å². The van der Waals surface area contributed by atoms with Crippen molar-refractivity contribution in [2.24, 2.45) is 5.92 Å². The predicted octanol–water partition coefficient (Wildman–Crippen LogP) is 3.73. The first kappa shape index (κ1) is 22.8. The minimum absolute atomic E-state index is 0. The van der Waals surface area contributed by atoms with E-state index in [-0.39, 0.29) is 30.3 Å². The first-order valence-electron chi connectivity index (χ1n) is 8.84.